The molecule has 2 atom stereocenters. The topological polar surface area (TPSA) is 79.5 Å². The van der Waals surface area contributed by atoms with Crippen LogP contribution >= 0.6 is 43.5 Å². The van der Waals surface area contributed by atoms with E-state index in [4.69, 9.17) is 22.3 Å². The maximum absolute atomic E-state index is 13.0. The molecule has 1 saturated heterocycles. The van der Waals surface area contributed by atoms with Crippen molar-refractivity contribution in [1.29, 1.82) is 0 Å². The van der Waals surface area contributed by atoms with Gasteiger partial charge >= 0.3 is 6.03 Å². The summed E-state index contributed by atoms with van der Waals surface area (Å²) in [5.74, 6) is 0.817. The van der Waals surface area contributed by atoms with Crippen LogP contribution in [-0.4, -0.2) is 53.4 Å². The maximum atomic E-state index is 13.0. The van der Waals surface area contributed by atoms with Crippen LogP contribution in [0, 0.1) is 11.8 Å². The predicted molar refractivity (Wildman–Crippen MR) is 152 cm³/mol. The Balaban J connectivity index is 1.49. The second kappa shape index (κ2) is 11.7. The Kier molecular flexibility index (Phi) is 8.79. The first kappa shape index (κ1) is 27.1. The molecule has 0 bridgehead atoms. The highest BCUT2D eigenvalue weighted by atomic mass is 79.9. The number of pyridine rings is 1. The number of carbonyl (C=O) groups is 2. The number of piperidine rings is 1. The van der Waals surface area contributed by atoms with Gasteiger partial charge in [-0.2, -0.15) is 0 Å². The predicted octanol–water partition coefficient (Wildman–Crippen LogP) is 6.54. The number of nitrogens with zero attached hydrogens (tertiary/aromatic N) is 3. The Morgan fingerprint density at radius 3 is 2.58 bits per heavy atom. The number of rotatable bonds is 6. The summed E-state index contributed by atoms with van der Waals surface area (Å²) >= 11 is 13.7. The van der Waals surface area contributed by atoms with Crippen molar-refractivity contribution in [2.75, 3.05) is 26.7 Å². The molecule has 4 rings (SSSR count). The van der Waals surface area contributed by atoms with E-state index in [1.807, 2.05) is 23.2 Å². The van der Waals surface area contributed by atoms with Crippen LogP contribution in [0.2, 0.25) is 5.02 Å². The van der Waals surface area contributed by atoms with Gasteiger partial charge in [0, 0.05) is 59.2 Å². The fraction of sp³-hybridized carbons (Fsp3) is 0.444. The van der Waals surface area contributed by atoms with Gasteiger partial charge in [0.15, 0.2) is 0 Å². The number of fused-ring (bicyclic) bond motifs is 2. The molecule has 3 amide bonds. The fourth-order valence-electron chi connectivity index (χ4n) is 5.24. The molecule has 2 aliphatic rings. The average Bonchev–Trinajstić information content (AvgIpc) is 2.99. The van der Waals surface area contributed by atoms with E-state index >= 15 is 0 Å². The lowest BCUT2D eigenvalue weighted by molar-refractivity contribution is -0.133. The molecule has 1 fully saturated rings. The smallest absolute Gasteiger partial charge is 0.314 e. The van der Waals surface area contributed by atoms with Gasteiger partial charge in [-0.25, -0.2) is 4.79 Å². The largest absolute Gasteiger partial charge is 0.351 e. The number of likely N-dealkylation sites (tertiary alicyclic amines) is 1. The number of nitrogens with two attached hydrogens (primary N) is 1. The molecule has 192 valence electrons. The Morgan fingerprint density at radius 1 is 1.19 bits per heavy atom. The van der Waals surface area contributed by atoms with Gasteiger partial charge in [-0.05, 0) is 81.9 Å². The SMILES string of the molecule is CC(CCN(C)C(N)=O)CC(=O)N1CCC(C2c3ncc(Br)cc3C=Cc3cc(Cl)cc(Br)c32)CC1. The molecule has 1 aliphatic heterocycles. The number of aromatic nitrogens is 1. The van der Waals surface area contributed by atoms with Crippen LogP contribution in [0.25, 0.3) is 12.2 Å². The van der Waals surface area contributed by atoms with Crippen LogP contribution in [0.1, 0.15) is 60.9 Å². The Morgan fingerprint density at radius 2 is 1.89 bits per heavy atom. The molecular formula is C27H31Br2ClN4O2. The zero-order valence-corrected chi connectivity index (χ0v) is 24.4. The standard InChI is InChI=1S/C27H31Br2ClN4O2/c1-16(5-8-33(2)27(31)36)11-23(35)34-9-6-17(7-10-34)25-24-18(13-21(30)14-22(24)29)3-4-19-12-20(28)15-32-26(19)25/h3-4,12-17,25H,5-11H2,1-2H3,(H2,31,36). The third-order valence-electron chi connectivity index (χ3n) is 7.31. The highest BCUT2D eigenvalue weighted by Gasteiger charge is 2.35. The first-order chi connectivity index (χ1) is 17.1. The molecule has 2 unspecified atom stereocenters. The summed E-state index contributed by atoms with van der Waals surface area (Å²) in [6.07, 6.45) is 9.14. The van der Waals surface area contributed by atoms with Gasteiger partial charge in [0.05, 0.1) is 5.69 Å². The number of halogens is 3. The van der Waals surface area contributed by atoms with Crippen LogP contribution in [0.15, 0.2) is 33.3 Å². The molecule has 0 saturated carbocycles. The van der Waals surface area contributed by atoms with E-state index in [-0.39, 0.29) is 17.7 Å². The summed E-state index contributed by atoms with van der Waals surface area (Å²) in [7, 11) is 1.68. The zero-order valence-electron chi connectivity index (χ0n) is 20.5. The summed E-state index contributed by atoms with van der Waals surface area (Å²) in [5, 5.41) is 0.695. The molecule has 1 aliphatic carbocycles. The van der Waals surface area contributed by atoms with Gasteiger partial charge in [0.25, 0.3) is 0 Å². The van der Waals surface area contributed by atoms with Crippen molar-refractivity contribution in [2.24, 2.45) is 17.6 Å². The minimum atomic E-state index is -0.441. The van der Waals surface area contributed by atoms with Crippen molar-refractivity contribution in [1.82, 2.24) is 14.8 Å². The van der Waals surface area contributed by atoms with Gasteiger partial charge < -0.3 is 15.5 Å². The highest BCUT2D eigenvalue weighted by molar-refractivity contribution is 9.10. The van der Waals surface area contributed by atoms with E-state index < -0.39 is 6.03 Å². The number of urea groups is 1. The van der Waals surface area contributed by atoms with E-state index in [1.54, 1.807) is 7.05 Å². The minimum absolute atomic E-state index is 0.102. The minimum Gasteiger partial charge on any atom is -0.351 e. The average molecular weight is 639 g/mol. The molecule has 2 heterocycles. The van der Waals surface area contributed by atoms with Crippen LogP contribution in [0.4, 0.5) is 4.79 Å². The lowest BCUT2D eigenvalue weighted by Crippen LogP contribution is -2.41. The summed E-state index contributed by atoms with van der Waals surface area (Å²) < 4.78 is 1.94. The van der Waals surface area contributed by atoms with Gasteiger partial charge in [0.2, 0.25) is 5.91 Å². The van der Waals surface area contributed by atoms with Crippen LogP contribution in [-0.2, 0) is 4.79 Å². The van der Waals surface area contributed by atoms with E-state index in [1.165, 1.54) is 10.5 Å². The quantitative estimate of drug-likeness (QED) is 0.390. The molecule has 2 N–H and O–H groups in total. The van der Waals surface area contributed by atoms with Crippen molar-refractivity contribution in [3.63, 3.8) is 0 Å². The molecule has 0 spiro atoms. The van der Waals surface area contributed by atoms with Gasteiger partial charge in [-0.1, -0.05) is 46.6 Å². The molecule has 2 aromatic rings. The Hall–Kier alpha value is -1.90. The van der Waals surface area contributed by atoms with Crippen molar-refractivity contribution in [2.45, 2.75) is 38.5 Å². The first-order valence-corrected chi connectivity index (χ1v) is 14.2. The molecule has 9 heteroatoms. The lowest BCUT2D eigenvalue weighted by Gasteiger charge is -2.37. The van der Waals surface area contributed by atoms with Crippen LogP contribution in [0.3, 0.4) is 0 Å². The Labute approximate surface area is 234 Å². The number of hydrogen-bond acceptors (Lipinski definition) is 3. The number of benzene rings is 1. The molecule has 6 nitrogen and oxygen atoms in total. The third-order valence-corrected chi connectivity index (χ3v) is 8.62. The van der Waals surface area contributed by atoms with E-state index in [9.17, 15) is 9.59 Å². The zero-order chi connectivity index (χ0) is 26.0. The van der Waals surface area contributed by atoms with Crippen LogP contribution < -0.4 is 5.73 Å². The highest BCUT2D eigenvalue weighted by Crippen LogP contribution is 2.46. The molecular weight excluding hydrogens is 608 g/mol. The van der Waals surface area contributed by atoms with Gasteiger partial charge in [-0.15, -0.1) is 0 Å². The number of amides is 3. The van der Waals surface area contributed by atoms with E-state index in [0.717, 1.165) is 58.1 Å². The second-order valence-corrected chi connectivity index (χ2v) is 12.1. The summed E-state index contributed by atoms with van der Waals surface area (Å²) in [5.41, 5.74) is 9.77. The van der Waals surface area contributed by atoms with Crippen molar-refractivity contribution >= 4 is 67.6 Å². The van der Waals surface area contributed by atoms with E-state index in [2.05, 4.69) is 57.0 Å². The first-order valence-electron chi connectivity index (χ1n) is 12.2. The maximum Gasteiger partial charge on any atom is 0.314 e. The molecule has 0 radical (unpaired) electrons. The van der Waals surface area contributed by atoms with Crippen molar-refractivity contribution in [3.8, 4) is 0 Å². The second-order valence-electron chi connectivity index (χ2n) is 9.91. The summed E-state index contributed by atoms with van der Waals surface area (Å²) in [4.78, 5) is 32.6. The summed E-state index contributed by atoms with van der Waals surface area (Å²) in [6.45, 7) is 4.07. The van der Waals surface area contributed by atoms with Crippen LogP contribution in [0.5, 0.6) is 0 Å². The van der Waals surface area contributed by atoms with Gasteiger partial charge in [0.1, 0.15) is 0 Å². The normalized spacial score (nSPS) is 18.2. The lowest BCUT2D eigenvalue weighted by atomic mass is 9.76. The molecule has 1 aromatic heterocycles. The van der Waals surface area contributed by atoms with E-state index in [0.29, 0.717) is 23.9 Å². The van der Waals surface area contributed by atoms with Crippen molar-refractivity contribution in [3.05, 3.63) is 60.7 Å². The van der Waals surface area contributed by atoms with Crippen molar-refractivity contribution < 1.29 is 9.59 Å². The van der Waals surface area contributed by atoms with Gasteiger partial charge in [-0.3, -0.25) is 9.78 Å². The number of primary amides is 1. The third kappa shape index (κ3) is 6.14. The fourth-order valence-corrected chi connectivity index (χ4v) is 6.67. The monoisotopic (exact) mass is 636 g/mol. The molecule has 36 heavy (non-hydrogen) atoms. The molecule has 1 aromatic carbocycles. The summed E-state index contributed by atoms with van der Waals surface area (Å²) in [6, 6.07) is 5.65. The Bertz CT molecular complexity index is 1180. The number of hydrogen-bond donors (Lipinski definition) is 1. The number of carbonyl (C=O) groups excluding carboxylic acids is 2.